The van der Waals surface area contributed by atoms with E-state index in [1.807, 2.05) is 6.07 Å². The van der Waals surface area contributed by atoms with Crippen LogP contribution in [-0.2, 0) is 0 Å². The minimum Gasteiger partial charge on any atom is -0.312 e. The Hall–Kier alpha value is -0.960. The van der Waals surface area contributed by atoms with Crippen LogP contribution in [0.2, 0.25) is 15.2 Å². The fourth-order valence-corrected chi connectivity index (χ4v) is 1.46. The van der Waals surface area contributed by atoms with Crippen molar-refractivity contribution in [3.63, 3.8) is 0 Å². The summed E-state index contributed by atoms with van der Waals surface area (Å²) in [7, 11) is 0. The normalized spacial score (nSPS) is 9.19. The molecule has 1 heterocycles. The van der Waals surface area contributed by atoms with Gasteiger partial charge in [-0.2, -0.15) is 0 Å². The Balaban J connectivity index is 0.000000160. The van der Waals surface area contributed by atoms with Crippen LogP contribution in [0, 0.1) is 0 Å². The minimum absolute atomic E-state index is 0.491. The molecule has 0 unspecified atom stereocenters. The Morgan fingerprint density at radius 2 is 1.81 bits per heavy atom. The van der Waals surface area contributed by atoms with E-state index in [4.69, 9.17) is 34.8 Å². The third-order valence-electron chi connectivity index (χ3n) is 1.57. The van der Waals surface area contributed by atoms with Crippen molar-refractivity contribution in [3.05, 3.63) is 58.6 Å². The van der Waals surface area contributed by atoms with Gasteiger partial charge in [0.05, 0.1) is 0 Å². The lowest BCUT2D eigenvalue weighted by atomic mass is 10.4. The monoisotopic (exact) mass is 274 g/mol. The predicted octanol–water partition coefficient (Wildman–Crippen LogP) is 4.63. The van der Waals surface area contributed by atoms with Gasteiger partial charge in [-0.05, 0) is 18.2 Å². The Morgan fingerprint density at radius 1 is 1.19 bits per heavy atom. The smallest absolute Gasteiger partial charge is 0.147 e. The van der Waals surface area contributed by atoms with E-state index in [1.54, 1.807) is 41.5 Å². The SMILES string of the molecule is C=Cn1cnc(Cl)c1.Clc1cccc(Cl)c1. The molecule has 16 heavy (non-hydrogen) atoms. The van der Waals surface area contributed by atoms with Gasteiger partial charge in [0.25, 0.3) is 0 Å². The molecule has 0 saturated heterocycles. The number of halogens is 3. The molecule has 0 aliphatic rings. The van der Waals surface area contributed by atoms with Crippen LogP contribution in [0.3, 0.4) is 0 Å². The van der Waals surface area contributed by atoms with Crippen molar-refractivity contribution in [1.29, 1.82) is 0 Å². The van der Waals surface area contributed by atoms with Crippen LogP contribution in [0.15, 0.2) is 43.4 Å². The van der Waals surface area contributed by atoms with Gasteiger partial charge in [0, 0.05) is 22.4 Å². The van der Waals surface area contributed by atoms with Gasteiger partial charge < -0.3 is 4.57 Å². The van der Waals surface area contributed by atoms with Crippen LogP contribution >= 0.6 is 34.8 Å². The summed E-state index contributed by atoms with van der Waals surface area (Å²) in [6, 6.07) is 7.08. The van der Waals surface area contributed by atoms with Crippen LogP contribution < -0.4 is 0 Å². The lowest BCUT2D eigenvalue weighted by Crippen LogP contribution is -1.73. The maximum atomic E-state index is 5.56. The third-order valence-corrected chi connectivity index (χ3v) is 2.23. The van der Waals surface area contributed by atoms with E-state index >= 15 is 0 Å². The molecule has 0 bridgehead atoms. The first kappa shape index (κ1) is 13.1. The summed E-state index contributed by atoms with van der Waals surface area (Å²) in [5.74, 6) is 0. The number of imidazole rings is 1. The van der Waals surface area contributed by atoms with Crippen molar-refractivity contribution in [2.75, 3.05) is 0 Å². The summed E-state index contributed by atoms with van der Waals surface area (Å²) in [6.07, 6.45) is 4.89. The number of rotatable bonds is 1. The molecular weight excluding hydrogens is 266 g/mol. The summed E-state index contributed by atoms with van der Waals surface area (Å²) < 4.78 is 1.68. The first-order valence-electron chi connectivity index (χ1n) is 4.34. The Kier molecular flexibility index (Phi) is 5.39. The van der Waals surface area contributed by atoms with E-state index in [-0.39, 0.29) is 0 Å². The van der Waals surface area contributed by atoms with Crippen molar-refractivity contribution in [2.24, 2.45) is 0 Å². The highest BCUT2D eigenvalue weighted by atomic mass is 35.5. The minimum atomic E-state index is 0.491. The molecular formula is C11H9Cl3N2. The molecule has 0 radical (unpaired) electrons. The molecule has 2 aromatic rings. The molecule has 0 aliphatic heterocycles. The molecule has 0 spiro atoms. The largest absolute Gasteiger partial charge is 0.312 e. The Labute approximate surface area is 109 Å². The second kappa shape index (κ2) is 6.59. The quantitative estimate of drug-likeness (QED) is 0.742. The molecule has 0 fully saturated rings. The van der Waals surface area contributed by atoms with Crippen LogP contribution in [0.25, 0.3) is 6.20 Å². The second-order valence-electron chi connectivity index (χ2n) is 2.77. The van der Waals surface area contributed by atoms with Gasteiger partial charge in [0.2, 0.25) is 0 Å². The van der Waals surface area contributed by atoms with E-state index in [2.05, 4.69) is 11.6 Å². The Bertz CT molecular complexity index is 449. The van der Waals surface area contributed by atoms with Gasteiger partial charge >= 0.3 is 0 Å². The third kappa shape index (κ3) is 4.71. The van der Waals surface area contributed by atoms with E-state index in [0.717, 1.165) is 0 Å². The first-order valence-corrected chi connectivity index (χ1v) is 5.48. The van der Waals surface area contributed by atoms with Gasteiger partial charge in [0.15, 0.2) is 0 Å². The summed E-state index contributed by atoms with van der Waals surface area (Å²) in [6.45, 7) is 3.51. The number of benzene rings is 1. The fraction of sp³-hybridized carbons (Fsp3) is 0. The maximum absolute atomic E-state index is 5.56. The molecule has 1 aromatic heterocycles. The van der Waals surface area contributed by atoms with Gasteiger partial charge in [-0.1, -0.05) is 47.4 Å². The van der Waals surface area contributed by atoms with Gasteiger partial charge in [-0.15, -0.1) is 0 Å². The summed E-state index contributed by atoms with van der Waals surface area (Å²) >= 11 is 16.6. The molecule has 0 amide bonds. The molecule has 1 aromatic carbocycles. The average Bonchev–Trinajstić information content (AvgIpc) is 2.65. The number of hydrogen-bond acceptors (Lipinski definition) is 1. The number of aromatic nitrogens is 2. The van der Waals surface area contributed by atoms with E-state index < -0.39 is 0 Å². The molecule has 5 heteroatoms. The Morgan fingerprint density at radius 3 is 2.06 bits per heavy atom. The van der Waals surface area contributed by atoms with Crippen LogP contribution in [0.4, 0.5) is 0 Å². The van der Waals surface area contributed by atoms with E-state index in [1.165, 1.54) is 0 Å². The lowest BCUT2D eigenvalue weighted by Gasteiger charge is -1.86. The van der Waals surface area contributed by atoms with Gasteiger partial charge in [0.1, 0.15) is 11.5 Å². The van der Waals surface area contributed by atoms with Gasteiger partial charge in [-0.25, -0.2) is 4.98 Å². The molecule has 0 atom stereocenters. The number of nitrogens with zero attached hydrogens (tertiary/aromatic N) is 2. The van der Waals surface area contributed by atoms with Crippen molar-refractivity contribution in [3.8, 4) is 0 Å². The highest BCUT2D eigenvalue weighted by Gasteiger charge is 1.86. The topological polar surface area (TPSA) is 17.8 Å². The summed E-state index contributed by atoms with van der Waals surface area (Å²) in [5.41, 5.74) is 0. The fourth-order valence-electron chi connectivity index (χ4n) is 0.871. The van der Waals surface area contributed by atoms with E-state index in [9.17, 15) is 0 Å². The van der Waals surface area contributed by atoms with Crippen molar-refractivity contribution in [2.45, 2.75) is 0 Å². The lowest BCUT2D eigenvalue weighted by molar-refractivity contribution is 1.14. The summed E-state index contributed by atoms with van der Waals surface area (Å²) in [4.78, 5) is 3.74. The van der Waals surface area contributed by atoms with Crippen LogP contribution in [-0.4, -0.2) is 9.55 Å². The standard InChI is InChI=1S/C6H4Cl2.C5H5ClN2/c7-5-2-1-3-6(8)4-5;1-2-8-3-5(6)7-4-8/h1-4H;2-4H,1H2. The molecule has 0 saturated carbocycles. The zero-order valence-corrected chi connectivity index (χ0v) is 10.5. The molecule has 2 nitrogen and oxygen atoms in total. The molecule has 0 aliphatic carbocycles. The second-order valence-corrected chi connectivity index (χ2v) is 4.03. The molecule has 0 N–H and O–H groups in total. The zero-order valence-electron chi connectivity index (χ0n) is 8.28. The van der Waals surface area contributed by atoms with Gasteiger partial charge in [-0.3, -0.25) is 0 Å². The number of hydrogen-bond donors (Lipinski definition) is 0. The molecule has 84 valence electrons. The van der Waals surface area contributed by atoms with Crippen molar-refractivity contribution >= 4 is 41.0 Å². The zero-order chi connectivity index (χ0) is 12.0. The van der Waals surface area contributed by atoms with Crippen molar-refractivity contribution < 1.29 is 0 Å². The summed E-state index contributed by atoms with van der Waals surface area (Å²) in [5, 5.41) is 1.85. The highest BCUT2D eigenvalue weighted by Crippen LogP contribution is 2.13. The van der Waals surface area contributed by atoms with Crippen LogP contribution in [0.5, 0.6) is 0 Å². The van der Waals surface area contributed by atoms with E-state index in [0.29, 0.717) is 15.2 Å². The van der Waals surface area contributed by atoms with Crippen LogP contribution in [0.1, 0.15) is 0 Å². The maximum Gasteiger partial charge on any atom is 0.147 e. The predicted molar refractivity (Wildman–Crippen MR) is 70.1 cm³/mol. The average molecular weight is 276 g/mol. The molecule has 2 rings (SSSR count). The van der Waals surface area contributed by atoms with Crippen molar-refractivity contribution in [1.82, 2.24) is 9.55 Å². The highest BCUT2D eigenvalue weighted by molar-refractivity contribution is 6.34. The first-order chi connectivity index (χ1) is 7.61.